The number of hydrogen-bond acceptors (Lipinski definition) is 5. The van der Waals surface area contributed by atoms with Gasteiger partial charge in [0.1, 0.15) is 12.1 Å². The predicted octanol–water partition coefficient (Wildman–Crippen LogP) is 4.66. The second kappa shape index (κ2) is 7.76. The number of pyridine rings is 1. The molecule has 29 heavy (non-hydrogen) atoms. The fourth-order valence-electron chi connectivity index (χ4n) is 3.83. The number of halogens is 4. The fourth-order valence-corrected chi connectivity index (χ4v) is 3.95. The molecule has 0 amide bonds. The topological polar surface area (TPSA) is 67.9 Å². The summed E-state index contributed by atoms with van der Waals surface area (Å²) < 4.78 is 41.0. The van der Waals surface area contributed by atoms with Gasteiger partial charge in [0.2, 0.25) is 0 Å². The Morgan fingerprint density at radius 2 is 1.93 bits per heavy atom. The number of hydrogen-bond donors (Lipinski definition) is 1. The average molecular weight is 422 g/mol. The molecular formula is C20H19ClF3N5. The van der Waals surface area contributed by atoms with Crippen LogP contribution in [0.25, 0.3) is 11.0 Å². The van der Waals surface area contributed by atoms with Gasteiger partial charge in [-0.3, -0.25) is 4.90 Å². The molecule has 4 rings (SSSR count). The minimum Gasteiger partial charge on any atom is -0.383 e. The van der Waals surface area contributed by atoms with E-state index in [4.69, 9.17) is 17.3 Å². The van der Waals surface area contributed by atoms with Gasteiger partial charge in [0.25, 0.3) is 0 Å². The first kappa shape index (κ1) is 19.8. The van der Waals surface area contributed by atoms with E-state index in [9.17, 15) is 13.2 Å². The molecule has 1 saturated heterocycles. The Morgan fingerprint density at radius 1 is 1.17 bits per heavy atom. The van der Waals surface area contributed by atoms with E-state index in [-0.39, 0.29) is 22.8 Å². The van der Waals surface area contributed by atoms with Gasteiger partial charge in [-0.2, -0.15) is 13.2 Å². The van der Waals surface area contributed by atoms with Crippen molar-refractivity contribution in [3.05, 3.63) is 58.5 Å². The number of likely N-dealkylation sites (tertiary alicyclic amines) is 1. The van der Waals surface area contributed by atoms with Crippen molar-refractivity contribution in [2.75, 3.05) is 18.8 Å². The molecule has 152 valence electrons. The van der Waals surface area contributed by atoms with Crippen molar-refractivity contribution in [2.45, 2.75) is 31.5 Å². The Kier molecular flexibility index (Phi) is 5.31. The monoisotopic (exact) mass is 421 g/mol. The van der Waals surface area contributed by atoms with Gasteiger partial charge in [-0.05, 0) is 43.1 Å². The van der Waals surface area contributed by atoms with Crippen LogP contribution in [0.4, 0.5) is 19.0 Å². The largest absolute Gasteiger partial charge is 0.417 e. The van der Waals surface area contributed by atoms with Gasteiger partial charge in [0.05, 0.1) is 10.9 Å². The fraction of sp³-hybridized carbons (Fsp3) is 0.350. The summed E-state index contributed by atoms with van der Waals surface area (Å²) in [5, 5.41) is 0.434. The summed E-state index contributed by atoms with van der Waals surface area (Å²) in [6.45, 7) is 2.22. The Morgan fingerprint density at radius 3 is 2.66 bits per heavy atom. The second-order valence-corrected chi connectivity index (χ2v) is 7.69. The van der Waals surface area contributed by atoms with Crippen molar-refractivity contribution < 1.29 is 13.2 Å². The van der Waals surface area contributed by atoms with E-state index in [1.807, 2.05) is 24.3 Å². The van der Waals surface area contributed by atoms with Crippen LogP contribution in [0.3, 0.4) is 0 Å². The van der Waals surface area contributed by atoms with Gasteiger partial charge >= 0.3 is 6.18 Å². The highest BCUT2D eigenvalue weighted by atomic mass is 35.5. The minimum absolute atomic E-state index is 0.0165. The molecule has 1 atom stereocenters. The van der Waals surface area contributed by atoms with Crippen LogP contribution in [-0.4, -0.2) is 32.9 Å². The van der Waals surface area contributed by atoms with Crippen molar-refractivity contribution in [3.63, 3.8) is 0 Å². The number of piperidine rings is 1. The molecular weight excluding hydrogens is 403 g/mol. The summed E-state index contributed by atoms with van der Waals surface area (Å²) in [7, 11) is 0. The van der Waals surface area contributed by atoms with Gasteiger partial charge in [-0.15, -0.1) is 0 Å². The van der Waals surface area contributed by atoms with E-state index in [1.54, 1.807) is 0 Å². The molecule has 1 unspecified atom stereocenters. The molecule has 3 heterocycles. The number of nitrogens with zero attached hydrogens (tertiary/aromatic N) is 4. The third-order valence-electron chi connectivity index (χ3n) is 5.20. The van der Waals surface area contributed by atoms with E-state index in [0.29, 0.717) is 23.8 Å². The number of alkyl halides is 3. The van der Waals surface area contributed by atoms with Crippen molar-refractivity contribution >= 4 is 28.5 Å². The van der Waals surface area contributed by atoms with Gasteiger partial charge in [0, 0.05) is 29.7 Å². The first-order valence-corrected chi connectivity index (χ1v) is 9.64. The molecule has 3 aromatic rings. The molecule has 1 aromatic carbocycles. The number of nitrogen functional groups attached to an aromatic ring is 1. The number of nitrogens with two attached hydrogens (primary N) is 1. The maximum atomic E-state index is 13.7. The standard InChI is InChI=1S/C20H19ClF3N5/c21-14-5-3-12(4-6-14)9-29-7-1-2-13(10-29)16-8-15(20(22,23)24)17-18(25)26-11-27-19(17)28-16/h3-6,8,11,13H,1-2,7,9-10H2,(H2,25,26,27,28). The Labute approximate surface area is 170 Å². The number of fused-ring (bicyclic) bond motifs is 1. The third-order valence-corrected chi connectivity index (χ3v) is 5.45. The summed E-state index contributed by atoms with van der Waals surface area (Å²) in [5.74, 6) is -0.327. The summed E-state index contributed by atoms with van der Waals surface area (Å²) in [6, 6.07) is 8.70. The van der Waals surface area contributed by atoms with E-state index >= 15 is 0 Å². The highest BCUT2D eigenvalue weighted by molar-refractivity contribution is 6.30. The molecule has 1 aliphatic heterocycles. The summed E-state index contributed by atoms with van der Waals surface area (Å²) in [6.07, 6.45) is -1.77. The first-order chi connectivity index (χ1) is 13.8. The summed E-state index contributed by atoms with van der Waals surface area (Å²) in [4.78, 5) is 14.3. The van der Waals surface area contributed by atoms with Crippen LogP contribution in [0.15, 0.2) is 36.7 Å². The van der Waals surface area contributed by atoms with Crippen LogP contribution < -0.4 is 5.73 Å². The molecule has 1 aliphatic rings. The quantitative estimate of drug-likeness (QED) is 0.666. The molecule has 5 nitrogen and oxygen atoms in total. The molecule has 0 saturated carbocycles. The van der Waals surface area contributed by atoms with Crippen molar-refractivity contribution in [3.8, 4) is 0 Å². The lowest BCUT2D eigenvalue weighted by molar-refractivity contribution is -0.136. The SMILES string of the molecule is Nc1ncnc2nc(C3CCCN(Cc4ccc(Cl)cc4)C3)cc(C(F)(F)F)c12. The summed E-state index contributed by atoms with van der Waals surface area (Å²) in [5.41, 5.74) is 6.35. The molecule has 2 aromatic heterocycles. The van der Waals surface area contributed by atoms with Crippen LogP contribution in [-0.2, 0) is 12.7 Å². The van der Waals surface area contributed by atoms with Crippen LogP contribution in [0, 0.1) is 0 Å². The summed E-state index contributed by atoms with van der Waals surface area (Å²) >= 11 is 5.94. The normalized spacial score (nSPS) is 18.3. The maximum absolute atomic E-state index is 13.7. The van der Waals surface area contributed by atoms with Crippen molar-refractivity contribution in [1.82, 2.24) is 19.9 Å². The number of benzene rings is 1. The van der Waals surface area contributed by atoms with E-state index < -0.39 is 11.7 Å². The van der Waals surface area contributed by atoms with Crippen molar-refractivity contribution in [2.24, 2.45) is 0 Å². The Hall–Kier alpha value is -2.45. The van der Waals surface area contributed by atoms with Crippen LogP contribution in [0.2, 0.25) is 5.02 Å². The van der Waals surface area contributed by atoms with Crippen LogP contribution in [0.5, 0.6) is 0 Å². The van der Waals surface area contributed by atoms with E-state index in [0.717, 1.165) is 37.3 Å². The van der Waals surface area contributed by atoms with Crippen LogP contribution in [0.1, 0.15) is 35.6 Å². The Balaban J connectivity index is 1.64. The molecule has 9 heteroatoms. The lowest BCUT2D eigenvalue weighted by atomic mass is 9.92. The molecule has 1 fully saturated rings. The van der Waals surface area contributed by atoms with Gasteiger partial charge < -0.3 is 5.73 Å². The van der Waals surface area contributed by atoms with Gasteiger partial charge in [-0.25, -0.2) is 15.0 Å². The number of rotatable bonds is 3. The van der Waals surface area contributed by atoms with Gasteiger partial charge in [-0.1, -0.05) is 23.7 Å². The predicted molar refractivity (Wildman–Crippen MR) is 105 cm³/mol. The Bertz CT molecular complexity index is 1020. The van der Waals surface area contributed by atoms with Crippen LogP contribution >= 0.6 is 11.6 Å². The lowest BCUT2D eigenvalue weighted by Gasteiger charge is -2.32. The smallest absolute Gasteiger partial charge is 0.383 e. The first-order valence-electron chi connectivity index (χ1n) is 9.26. The molecule has 0 bridgehead atoms. The zero-order chi connectivity index (χ0) is 20.6. The molecule has 0 spiro atoms. The number of aromatic nitrogens is 3. The zero-order valence-corrected chi connectivity index (χ0v) is 16.2. The number of anilines is 1. The molecule has 0 aliphatic carbocycles. The lowest BCUT2D eigenvalue weighted by Crippen LogP contribution is -2.34. The third kappa shape index (κ3) is 4.28. The maximum Gasteiger partial charge on any atom is 0.417 e. The minimum atomic E-state index is -4.56. The van der Waals surface area contributed by atoms with Crippen molar-refractivity contribution in [1.29, 1.82) is 0 Å². The van der Waals surface area contributed by atoms with E-state index in [1.165, 1.54) is 0 Å². The zero-order valence-electron chi connectivity index (χ0n) is 15.5. The highest BCUT2D eigenvalue weighted by Crippen LogP contribution is 2.38. The average Bonchev–Trinajstić information content (AvgIpc) is 2.69. The van der Waals surface area contributed by atoms with Gasteiger partial charge in [0.15, 0.2) is 5.65 Å². The highest BCUT2D eigenvalue weighted by Gasteiger charge is 2.36. The second-order valence-electron chi connectivity index (χ2n) is 7.25. The van der Waals surface area contributed by atoms with E-state index in [2.05, 4.69) is 19.9 Å². The molecule has 2 N–H and O–H groups in total. The molecule has 0 radical (unpaired) electrons.